The molecule has 2 aromatic rings. The number of benzene rings is 2. The highest BCUT2D eigenvalue weighted by molar-refractivity contribution is 5.78. The topological polar surface area (TPSA) is 40.5 Å². The highest BCUT2D eigenvalue weighted by Crippen LogP contribution is 2.43. The van der Waals surface area contributed by atoms with Crippen LogP contribution in [0.1, 0.15) is 37.8 Å². The van der Waals surface area contributed by atoms with Gasteiger partial charge in [0.2, 0.25) is 0 Å². The average molecular weight is 270 g/mol. The van der Waals surface area contributed by atoms with E-state index < -0.39 is 5.60 Å². The van der Waals surface area contributed by atoms with Crippen molar-refractivity contribution in [2.45, 2.75) is 32.3 Å². The van der Waals surface area contributed by atoms with Gasteiger partial charge >= 0.3 is 0 Å². The lowest BCUT2D eigenvalue weighted by Crippen LogP contribution is -2.10. The lowest BCUT2D eigenvalue weighted by atomic mass is 9.98. The molecule has 2 N–H and O–H groups in total. The van der Waals surface area contributed by atoms with Crippen molar-refractivity contribution in [3.8, 4) is 11.1 Å². The maximum absolute atomic E-state index is 9.46. The number of hydrogen-bond acceptors (Lipinski definition) is 2. The van der Waals surface area contributed by atoms with E-state index in [0.29, 0.717) is 0 Å². The molecular formula is C18H22O2. The third-order valence-electron chi connectivity index (χ3n) is 3.15. The van der Waals surface area contributed by atoms with Crippen molar-refractivity contribution in [3.05, 3.63) is 59.7 Å². The van der Waals surface area contributed by atoms with Crippen LogP contribution in [0.2, 0.25) is 0 Å². The standard InChI is InChI=1S/C14H12O.C4H10O/c15-9-14-12-7-3-1-5-10(12)11-6-2-4-8-13(11)14;1-4(2,3)5/h1-8,14-15H,9H2;5H,1-3H3. The second-order valence-electron chi connectivity index (χ2n) is 6.08. The van der Waals surface area contributed by atoms with Gasteiger partial charge in [-0.05, 0) is 43.0 Å². The fourth-order valence-electron chi connectivity index (χ4n) is 2.46. The largest absolute Gasteiger partial charge is 0.395 e. The van der Waals surface area contributed by atoms with Crippen molar-refractivity contribution in [3.63, 3.8) is 0 Å². The van der Waals surface area contributed by atoms with Crippen molar-refractivity contribution in [1.82, 2.24) is 0 Å². The van der Waals surface area contributed by atoms with Crippen LogP contribution in [0.15, 0.2) is 48.5 Å². The summed E-state index contributed by atoms with van der Waals surface area (Å²) in [6.45, 7) is 5.42. The third-order valence-corrected chi connectivity index (χ3v) is 3.15. The Labute approximate surface area is 120 Å². The molecule has 0 aromatic heterocycles. The first-order valence-electron chi connectivity index (χ1n) is 6.93. The molecule has 0 bridgehead atoms. The molecule has 106 valence electrons. The van der Waals surface area contributed by atoms with Crippen molar-refractivity contribution in [2.24, 2.45) is 0 Å². The van der Waals surface area contributed by atoms with Gasteiger partial charge in [-0.15, -0.1) is 0 Å². The normalized spacial score (nSPS) is 13.2. The smallest absolute Gasteiger partial charge is 0.0563 e. The fraction of sp³-hybridized carbons (Fsp3) is 0.333. The quantitative estimate of drug-likeness (QED) is 0.831. The lowest BCUT2D eigenvalue weighted by Gasteiger charge is -2.08. The van der Waals surface area contributed by atoms with Crippen molar-refractivity contribution < 1.29 is 10.2 Å². The average Bonchev–Trinajstić information content (AvgIpc) is 2.71. The number of aliphatic hydroxyl groups is 2. The number of rotatable bonds is 1. The molecule has 0 amide bonds. The molecule has 1 aliphatic rings. The van der Waals surface area contributed by atoms with E-state index in [4.69, 9.17) is 5.11 Å². The van der Waals surface area contributed by atoms with Gasteiger partial charge in [0.15, 0.2) is 0 Å². The maximum atomic E-state index is 9.46. The van der Waals surface area contributed by atoms with Gasteiger partial charge in [-0.2, -0.15) is 0 Å². The van der Waals surface area contributed by atoms with Crippen LogP contribution in [-0.2, 0) is 0 Å². The molecule has 0 unspecified atom stereocenters. The molecule has 0 saturated heterocycles. The van der Waals surface area contributed by atoms with Gasteiger partial charge in [-0.3, -0.25) is 0 Å². The van der Waals surface area contributed by atoms with Gasteiger partial charge in [0.05, 0.1) is 12.2 Å². The van der Waals surface area contributed by atoms with Gasteiger partial charge in [0.25, 0.3) is 0 Å². The first-order valence-corrected chi connectivity index (χ1v) is 6.93. The molecular weight excluding hydrogens is 248 g/mol. The Kier molecular flexibility index (Phi) is 4.26. The summed E-state index contributed by atoms with van der Waals surface area (Å²) in [5, 5.41) is 18.0. The zero-order chi connectivity index (χ0) is 14.8. The molecule has 0 atom stereocenters. The third kappa shape index (κ3) is 3.27. The van der Waals surface area contributed by atoms with E-state index in [0.717, 1.165) is 0 Å². The zero-order valence-corrected chi connectivity index (χ0v) is 12.3. The minimum atomic E-state index is -0.500. The molecule has 2 heteroatoms. The molecule has 2 nitrogen and oxygen atoms in total. The summed E-state index contributed by atoms with van der Waals surface area (Å²) in [6.07, 6.45) is 0. The second kappa shape index (κ2) is 5.78. The van der Waals surface area contributed by atoms with Crippen molar-refractivity contribution >= 4 is 0 Å². The van der Waals surface area contributed by atoms with E-state index in [2.05, 4.69) is 36.4 Å². The van der Waals surface area contributed by atoms with Crippen LogP contribution in [0.25, 0.3) is 11.1 Å². The number of fused-ring (bicyclic) bond motifs is 3. The first kappa shape index (κ1) is 14.8. The summed E-state index contributed by atoms with van der Waals surface area (Å²) >= 11 is 0. The minimum Gasteiger partial charge on any atom is -0.395 e. The molecule has 0 saturated carbocycles. The Balaban J connectivity index is 0.000000257. The van der Waals surface area contributed by atoms with Gasteiger partial charge in [-0.1, -0.05) is 48.5 Å². The monoisotopic (exact) mass is 270 g/mol. The SMILES string of the molecule is CC(C)(C)O.OCC1c2ccccc2-c2ccccc21. The van der Waals surface area contributed by atoms with E-state index >= 15 is 0 Å². The van der Waals surface area contributed by atoms with Gasteiger partial charge in [0.1, 0.15) is 0 Å². The van der Waals surface area contributed by atoms with E-state index in [1.165, 1.54) is 22.3 Å². The van der Waals surface area contributed by atoms with Crippen LogP contribution in [0.4, 0.5) is 0 Å². The highest BCUT2D eigenvalue weighted by Gasteiger charge is 2.26. The summed E-state index contributed by atoms with van der Waals surface area (Å²) in [4.78, 5) is 0. The molecule has 20 heavy (non-hydrogen) atoms. The Hall–Kier alpha value is -1.64. The number of hydrogen-bond donors (Lipinski definition) is 2. The van der Waals surface area contributed by atoms with Gasteiger partial charge in [0, 0.05) is 5.92 Å². The molecule has 0 fully saturated rings. The Morgan fingerprint density at radius 1 is 0.850 bits per heavy atom. The van der Waals surface area contributed by atoms with Gasteiger partial charge in [-0.25, -0.2) is 0 Å². The Bertz CT molecular complexity index is 530. The van der Waals surface area contributed by atoms with Crippen LogP contribution in [0.3, 0.4) is 0 Å². The zero-order valence-electron chi connectivity index (χ0n) is 12.3. The molecule has 2 aromatic carbocycles. The predicted octanol–water partition coefficient (Wildman–Crippen LogP) is 3.57. The highest BCUT2D eigenvalue weighted by atomic mass is 16.3. The van der Waals surface area contributed by atoms with Crippen LogP contribution in [0.5, 0.6) is 0 Å². The maximum Gasteiger partial charge on any atom is 0.0563 e. The van der Waals surface area contributed by atoms with Crippen molar-refractivity contribution in [2.75, 3.05) is 6.61 Å². The number of aliphatic hydroxyl groups excluding tert-OH is 1. The summed E-state index contributed by atoms with van der Waals surface area (Å²) in [7, 11) is 0. The molecule has 3 rings (SSSR count). The Morgan fingerprint density at radius 3 is 1.55 bits per heavy atom. The molecule has 0 heterocycles. The second-order valence-corrected chi connectivity index (χ2v) is 6.08. The fourth-order valence-corrected chi connectivity index (χ4v) is 2.46. The summed E-state index contributed by atoms with van der Waals surface area (Å²) in [6, 6.07) is 16.6. The lowest BCUT2D eigenvalue weighted by molar-refractivity contribution is 0.102. The van der Waals surface area contributed by atoms with Crippen molar-refractivity contribution in [1.29, 1.82) is 0 Å². The first-order chi connectivity index (χ1) is 9.42. The van der Waals surface area contributed by atoms with E-state index in [-0.39, 0.29) is 12.5 Å². The van der Waals surface area contributed by atoms with E-state index in [1.54, 1.807) is 20.8 Å². The summed E-state index contributed by atoms with van der Waals surface area (Å²) < 4.78 is 0. The molecule has 0 aliphatic heterocycles. The van der Waals surface area contributed by atoms with E-state index in [1.807, 2.05) is 12.1 Å². The molecule has 1 aliphatic carbocycles. The predicted molar refractivity (Wildman–Crippen MR) is 82.8 cm³/mol. The Morgan fingerprint density at radius 2 is 1.20 bits per heavy atom. The minimum absolute atomic E-state index is 0.164. The van der Waals surface area contributed by atoms with Crippen LogP contribution >= 0.6 is 0 Å². The summed E-state index contributed by atoms with van der Waals surface area (Å²) in [5.74, 6) is 0.164. The van der Waals surface area contributed by atoms with Crippen LogP contribution in [0, 0.1) is 0 Å². The molecule has 0 spiro atoms. The molecule has 0 radical (unpaired) electrons. The summed E-state index contributed by atoms with van der Waals surface area (Å²) in [5.41, 5.74) is 4.54. The van der Waals surface area contributed by atoms with Crippen LogP contribution in [-0.4, -0.2) is 22.4 Å². The van der Waals surface area contributed by atoms with E-state index in [9.17, 15) is 5.11 Å². The van der Waals surface area contributed by atoms with Crippen LogP contribution < -0.4 is 0 Å². The van der Waals surface area contributed by atoms with Gasteiger partial charge < -0.3 is 10.2 Å².